The largest absolute Gasteiger partial charge is 0.393 e. The summed E-state index contributed by atoms with van der Waals surface area (Å²) in [5.74, 6) is 0. The molecular weight excluding hydrogens is 250 g/mol. The molecule has 0 spiro atoms. The van der Waals surface area contributed by atoms with Gasteiger partial charge in [-0.05, 0) is 32.2 Å². The summed E-state index contributed by atoms with van der Waals surface area (Å²) in [4.78, 5) is 8.67. The van der Waals surface area contributed by atoms with Gasteiger partial charge >= 0.3 is 0 Å². The summed E-state index contributed by atoms with van der Waals surface area (Å²) in [6, 6.07) is 0. The first-order valence-corrected chi connectivity index (χ1v) is 7.15. The highest BCUT2D eigenvalue weighted by atomic mass is 32.1. The van der Waals surface area contributed by atoms with Crippen molar-refractivity contribution in [2.45, 2.75) is 32.7 Å². The smallest absolute Gasteiger partial charge is 0.0798 e. The van der Waals surface area contributed by atoms with E-state index in [1.807, 2.05) is 5.51 Å². The molecule has 0 radical (unpaired) electrons. The number of nitrogens with zero attached hydrogens (tertiary/aromatic N) is 2. The number of hydrogen-bond acceptors (Lipinski definition) is 4. The predicted octanol–water partition coefficient (Wildman–Crippen LogP) is 2.34. The Hall–Kier alpha value is -0.520. The van der Waals surface area contributed by atoms with Gasteiger partial charge < -0.3 is 10.6 Å². The molecule has 2 N–H and O–H groups in total. The number of rotatable bonds is 6. The van der Waals surface area contributed by atoms with Crippen LogP contribution in [0.3, 0.4) is 0 Å². The minimum Gasteiger partial charge on any atom is -0.393 e. The zero-order chi connectivity index (χ0) is 12.5. The van der Waals surface area contributed by atoms with Gasteiger partial charge in [0.2, 0.25) is 0 Å². The number of aromatic nitrogens is 1. The Kier molecular flexibility index (Phi) is 3.80. The Balaban J connectivity index is 1.87. The van der Waals surface area contributed by atoms with Gasteiger partial charge in [0.1, 0.15) is 0 Å². The van der Waals surface area contributed by atoms with Crippen LogP contribution in [0.1, 0.15) is 29.8 Å². The van der Waals surface area contributed by atoms with Crippen LogP contribution in [0.25, 0.3) is 0 Å². The van der Waals surface area contributed by atoms with Crippen molar-refractivity contribution in [1.29, 1.82) is 0 Å². The molecule has 1 aliphatic carbocycles. The first-order valence-electron chi connectivity index (χ1n) is 5.87. The van der Waals surface area contributed by atoms with E-state index in [1.54, 1.807) is 11.3 Å². The van der Waals surface area contributed by atoms with E-state index in [-0.39, 0.29) is 0 Å². The van der Waals surface area contributed by atoms with Crippen molar-refractivity contribution in [2.24, 2.45) is 11.1 Å². The minimum absolute atomic E-state index is 0.374. The predicted molar refractivity (Wildman–Crippen MR) is 76.3 cm³/mol. The lowest BCUT2D eigenvalue weighted by Crippen LogP contribution is -2.29. The van der Waals surface area contributed by atoms with Crippen molar-refractivity contribution in [2.75, 3.05) is 13.6 Å². The van der Waals surface area contributed by atoms with Crippen molar-refractivity contribution in [3.8, 4) is 0 Å². The molecule has 1 aliphatic rings. The number of thiazole rings is 1. The van der Waals surface area contributed by atoms with Crippen LogP contribution in [0.5, 0.6) is 0 Å². The van der Waals surface area contributed by atoms with E-state index < -0.39 is 0 Å². The Bertz CT molecular complexity index is 410. The van der Waals surface area contributed by atoms with Crippen LogP contribution < -0.4 is 5.73 Å². The van der Waals surface area contributed by atoms with Gasteiger partial charge in [-0.25, -0.2) is 4.98 Å². The molecular formula is C12H19N3S2. The quantitative estimate of drug-likeness (QED) is 0.805. The molecule has 0 bridgehead atoms. The van der Waals surface area contributed by atoms with Crippen molar-refractivity contribution < 1.29 is 0 Å². The van der Waals surface area contributed by atoms with Crippen LogP contribution in [-0.2, 0) is 6.54 Å². The molecule has 1 aromatic rings. The first-order chi connectivity index (χ1) is 8.01. The van der Waals surface area contributed by atoms with Gasteiger partial charge in [0.15, 0.2) is 0 Å². The van der Waals surface area contributed by atoms with E-state index >= 15 is 0 Å². The van der Waals surface area contributed by atoms with Crippen LogP contribution in [0.15, 0.2) is 5.51 Å². The molecule has 1 fully saturated rings. The lowest BCUT2D eigenvalue weighted by Gasteiger charge is -2.23. The number of hydrogen-bond donors (Lipinski definition) is 1. The van der Waals surface area contributed by atoms with Gasteiger partial charge in [0.05, 0.1) is 16.2 Å². The van der Waals surface area contributed by atoms with Gasteiger partial charge in [-0.3, -0.25) is 0 Å². The van der Waals surface area contributed by atoms with E-state index in [0.717, 1.165) is 25.2 Å². The molecule has 0 amide bonds. The second-order valence-electron chi connectivity index (χ2n) is 5.18. The van der Waals surface area contributed by atoms with Crippen molar-refractivity contribution in [1.82, 2.24) is 9.88 Å². The topological polar surface area (TPSA) is 42.2 Å². The first kappa shape index (κ1) is 12.9. The van der Waals surface area contributed by atoms with Gasteiger partial charge in [-0.15, -0.1) is 11.3 Å². The Labute approximate surface area is 112 Å². The lowest BCUT2D eigenvalue weighted by molar-refractivity contribution is 0.261. The summed E-state index contributed by atoms with van der Waals surface area (Å²) < 4.78 is 0. The molecule has 3 nitrogen and oxygen atoms in total. The second kappa shape index (κ2) is 5.00. The molecule has 5 heteroatoms. The summed E-state index contributed by atoms with van der Waals surface area (Å²) in [5.41, 5.74) is 9.10. The minimum atomic E-state index is 0.374. The van der Waals surface area contributed by atoms with E-state index in [0.29, 0.717) is 10.4 Å². The number of aryl methyl sites for hydroxylation is 1. The third-order valence-corrected chi connectivity index (χ3v) is 4.43. The van der Waals surface area contributed by atoms with Crippen LogP contribution in [0, 0.1) is 12.3 Å². The van der Waals surface area contributed by atoms with Crippen LogP contribution >= 0.6 is 23.6 Å². The highest BCUT2D eigenvalue weighted by molar-refractivity contribution is 7.80. The molecule has 0 atom stereocenters. The SMILES string of the molecule is Cc1ncsc1CN(C)CC1(CC(N)=S)CC1. The average molecular weight is 269 g/mol. The third-order valence-electron chi connectivity index (χ3n) is 3.37. The molecule has 1 aromatic heterocycles. The Morgan fingerprint density at radius 3 is 2.82 bits per heavy atom. The van der Waals surface area contributed by atoms with Gasteiger partial charge in [-0.1, -0.05) is 12.2 Å². The normalized spacial score (nSPS) is 17.4. The average Bonchev–Trinajstić information content (AvgIpc) is 2.82. The molecule has 1 saturated carbocycles. The fraction of sp³-hybridized carbons (Fsp3) is 0.667. The second-order valence-corrected chi connectivity index (χ2v) is 6.64. The Morgan fingerprint density at radius 2 is 2.35 bits per heavy atom. The maximum atomic E-state index is 5.66. The highest BCUT2D eigenvalue weighted by Gasteiger charge is 2.43. The molecule has 0 unspecified atom stereocenters. The molecule has 0 saturated heterocycles. The van der Waals surface area contributed by atoms with Crippen molar-refractivity contribution in [3.63, 3.8) is 0 Å². The molecule has 1 heterocycles. The van der Waals surface area contributed by atoms with E-state index in [1.165, 1.54) is 17.7 Å². The number of thiocarbonyl (C=S) groups is 1. The van der Waals surface area contributed by atoms with E-state index in [2.05, 4.69) is 23.9 Å². The zero-order valence-electron chi connectivity index (χ0n) is 10.4. The summed E-state index contributed by atoms with van der Waals surface area (Å²) in [5, 5.41) is 0. The molecule has 2 rings (SSSR count). The fourth-order valence-electron chi connectivity index (χ4n) is 2.29. The number of nitrogens with two attached hydrogens (primary N) is 1. The van der Waals surface area contributed by atoms with Crippen LogP contribution in [0.2, 0.25) is 0 Å². The highest BCUT2D eigenvalue weighted by Crippen LogP contribution is 2.49. The molecule has 0 aliphatic heterocycles. The van der Waals surface area contributed by atoms with Gasteiger partial charge in [0.25, 0.3) is 0 Å². The fourth-order valence-corrected chi connectivity index (χ4v) is 3.45. The van der Waals surface area contributed by atoms with Crippen molar-refractivity contribution in [3.05, 3.63) is 16.1 Å². The van der Waals surface area contributed by atoms with E-state index in [4.69, 9.17) is 18.0 Å². The standard InChI is InChI=1S/C12H19N3S2/c1-9-10(17-8-14-9)6-15(2)7-12(3-4-12)5-11(13)16/h8H,3-7H2,1-2H3,(H2,13,16). The maximum Gasteiger partial charge on any atom is 0.0798 e. The van der Waals surface area contributed by atoms with Crippen LogP contribution in [-0.4, -0.2) is 28.5 Å². The summed E-state index contributed by atoms with van der Waals surface area (Å²) in [6.45, 7) is 4.14. The summed E-state index contributed by atoms with van der Waals surface area (Å²) in [7, 11) is 2.17. The Morgan fingerprint density at radius 1 is 1.65 bits per heavy atom. The van der Waals surface area contributed by atoms with E-state index in [9.17, 15) is 0 Å². The summed E-state index contributed by atoms with van der Waals surface area (Å²) >= 11 is 6.76. The maximum absolute atomic E-state index is 5.66. The zero-order valence-corrected chi connectivity index (χ0v) is 12.0. The summed E-state index contributed by atoms with van der Waals surface area (Å²) in [6.07, 6.45) is 3.42. The molecule has 94 valence electrons. The molecule has 0 aromatic carbocycles. The van der Waals surface area contributed by atoms with Gasteiger partial charge in [-0.2, -0.15) is 0 Å². The van der Waals surface area contributed by atoms with Crippen LogP contribution in [0.4, 0.5) is 0 Å². The third kappa shape index (κ3) is 3.47. The molecule has 17 heavy (non-hydrogen) atoms. The lowest BCUT2D eigenvalue weighted by atomic mass is 10.0. The van der Waals surface area contributed by atoms with Crippen molar-refractivity contribution >= 4 is 28.5 Å². The monoisotopic (exact) mass is 269 g/mol. The van der Waals surface area contributed by atoms with Gasteiger partial charge in [0, 0.05) is 24.4 Å².